The molecule has 0 atom stereocenters. The van der Waals surface area contributed by atoms with Gasteiger partial charge in [0.05, 0.1) is 6.61 Å². The van der Waals surface area contributed by atoms with E-state index >= 15 is 0 Å². The van der Waals surface area contributed by atoms with Crippen LogP contribution in [0.1, 0.15) is 23.6 Å². The van der Waals surface area contributed by atoms with Gasteiger partial charge in [0.1, 0.15) is 5.75 Å². The third-order valence-electron chi connectivity index (χ3n) is 3.47. The molecule has 0 bridgehead atoms. The lowest BCUT2D eigenvalue weighted by Crippen LogP contribution is -2.20. The van der Waals surface area contributed by atoms with Crippen molar-refractivity contribution >= 4 is 23.6 Å². The van der Waals surface area contributed by atoms with Gasteiger partial charge >= 0.3 is 5.97 Å². The molecule has 0 aliphatic carbocycles. The van der Waals surface area contributed by atoms with E-state index in [1.165, 1.54) is 6.08 Å². The summed E-state index contributed by atoms with van der Waals surface area (Å²) in [6.45, 7) is 5.99. The molecule has 2 aromatic rings. The number of hydrogen-bond acceptors (Lipinski definition) is 4. The second-order valence-electron chi connectivity index (χ2n) is 5.84. The normalized spacial score (nSPS) is 10.6. The Bertz CT molecular complexity index is 791. The number of ether oxygens (including phenoxy) is 2. The van der Waals surface area contributed by atoms with Crippen LogP contribution in [0.25, 0.3) is 6.08 Å². The number of rotatable bonds is 7. The highest BCUT2D eigenvalue weighted by atomic mass is 16.5. The molecule has 5 nitrogen and oxygen atoms in total. The summed E-state index contributed by atoms with van der Waals surface area (Å²) in [7, 11) is 0. The molecule has 136 valence electrons. The van der Waals surface area contributed by atoms with Crippen molar-refractivity contribution in [1.82, 2.24) is 0 Å². The smallest absolute Gasteiger partial charge is 0.331 e. The van der Waals surface area contributed by atoms with Crippen molar-refractivity contribution in [2.24, 2.45) is 0 Å². The van der Waals surface area contributed by atoms with Gasteiger partial charge in [0.2, 0.25) is 0 Å². The molecule has 26 heavy (non-hydrogen) atoms. The molecule has 0 aliphatic heterocycles. The fourth-order valence-corrected chi connectivity index (χ4v) is 2.49. The Morgan fingerprint density at radius 2 is 1.77 bits per heavy atom. The first kappa shape index (κ1) is 19.2. The van der Waals surface area contributed by atoms with E-state index in [9.17, 15) is 9.59 Å². The standard InChI is InChI=1S/C21H23NO4/c1-4-25-19-8-6-5-7-17(19)9-10-21(24)26-14-20(23)22-18-12-15(2)11-16(3)13-18/h5-13H,4,14H2,1-3H3,(H,22,23)/b10-9+. The van der Waals surface area contributed by atoms with Gasteiger partial charge in [-0.25, -0.2) is 4.79 Å². The fraction of sp³-hybridized carbons (Fsp3) is 0.238. The van der Waals surface area contributed by atoms with E-state index in [4.69, 9.17) is 9.47 Å². The quantitative estimate of drug-likeness (QED) is 0.606. The number of hydrogen-bond donors (Lipinski definition) is 1. The molecule has 0 fully saturated rings. The number of para-hydroxylation sites is 1. The number of esters is 1. The van der Waals surface area contributed by atoms with E-state index in [0.717, 1.165) is 16.7 Å². The maximum atomic E-state index is 11.9. The number of carbonyl (C=O) groups excluding carboxylic acids is 2. The molecule has 1 amide bonds. The Labute approximate surface area is 153 Å². The molecule has 0 saturated carbocycles. The molecule has 0 aromatic heterocycles. The molecule has 0 saturated heterocycles. The molecule has 0 aliphatic rings. The van der Waals surface area contributed by atoms with Gasteiger partial charge in [-0.05, 0) is 56.2 Å². The third kappa shape index (κ3) is 6.09. The van der Waals surface area contributed by atoms with E-state index in [1.807, 2.05) is 63.2 Å². The molecule has 0 heterocycles. The monoisotopic (exact) mass is 353 g/mol. The maximum absolute atomic E-state index is 11.9. The first-order valence-corrected chi connectivity index (χ1v) is 8.42. The number of aryl methyl sites for hydroxylation is 2. The minimum absolute atomic E-state index is 0.344. The van der Waals surface area contributed by atoms with Gasteiger partial charge in [0.15, 0.2) is 6.61 Å². The lowest BCUT2D eigenvalue weighted by molar-refractivity contribution is -0.142. The molecule has 5 heteroatoms. The van der Waals surface area contributed by atoms with E-state index < -0.39 is 5.97 Å². The van der Waals surface area contributed by atoms with Gasteiger partial charge in [-0.3, -0.25) is 4.79 Å². The summed E-state index contributed by atoms with van der Waals surface area (Å²) >= 11 is 0. The van der Waals surface area contributed by atoms with Crippen LogP contribution in [0.15, 0.2) is 48.5 Å². The van der Waals surface area contributed by atoms with Crippen LogP contribution in [-0.4, -0.2) is 25.1 Å². The van der Waals surface area contributed by atoms with Crippen LogP contribution in [0.3, 0.4) is 0 Å². The molecule has 1 N–H and O–H groups in total. The number of anilines is 1. The van der Waals surface area contributed by atoms with Crippen LogP contribution in [0.2, 0.25) is 0 Å². The zero-order chi connectivity index (χ0) is 18.9. The summed E-state index contributed by atoms with van der Waals surface area (Å²) in [5.41, 5.74) is 3.55. The number of nitrogens with one attached hydrogen (secondary N) is 1. The van der Waals surface area contributed by atoms with Crippen molar-refractivity contribution in [1.29, 1.82) is 0 Å². The van der Waals surface area contributed by atoms with Crippen molar-refractivity contribution in [3.8, 4) is 5.75 Å². The van der Waals surface area contributed by atoms with Crippen molar-refractivity contribution in [3.05, 3.63) is 65.2 Å². The second-order valence-corrected chi connectivity index (χ2v) is 5.84. The summed E-state index contributed by atoms with van der Waals surface area (Å²) < 4.78 is 10.5. The van der Waals surface area contributed by atoms with Crippen LogP contribution < -0.4 is 10.1 Å². The Balaban J connectivity index is 1.87. The molecule has 2 aromatic carbocycles. The highest BCUT2D eigenvalue weighted by molar-refractivity contribution is 5.94. The van der Waals surface area contributed by atoms with Crippen molar-refractivity contribution < 1.29 is 19.1 Å². The van der Waals surface area contributed by atoms with Crippen LogP contribution >= 0.6 is 0 Å². The van der Waals surface area contributed by atoms with E-state index in [0.29, 0.717) is 18.0 Å². The minimum atomic E-state index is -0.591. The highest BCUT2D eigenvalue weighted by Gasteiger charge is 2.07. The largest absolute Gasteiger partial charge is 0.493 e. The average molecular weight is 353 g/mol. The Morgan fingerprint density at radius 1 is 1.08 bits per heavy atom. The summed E-state index contributed by atoms with van der Waals surface area (Å²) in [5, 5.41) is 2.72. The van der Waals surface area contributed by atoms with Crippen molar-refractivity contribution in [3.63, 3.8) is 0 Å². The van der Waals surface area contributed by atoms with Crippen molar-refractivity contribution in [2.75, 3.05) is 18.5 Å². The molecular weight excluding hydrogens is 330 g/mol. The van der Waals surface area contributed by atoms with Gasteiger partial charge in [-0.1, -0.05) is 24.3 Å². The fourth-order valence-electron chi connectivity index (χ4n) is 2.49. The third-order valence-corrected chi connectivity index (χ3v) is 3.47. The van der Waals surface area contributed by atoms with Crippen LogP contribution in [0, 0.1) is 13.8 Å². The van der Waals surface area contributed by atoms with E-state index in [1.54, 1.807) is 6.08 Å². The Hall–Kier alpha value is -3.08. The van der Waals surface area contributed by atoms with Crippen LogP contribution in [0.4, 0.5) is 5.69 Å². The first-order valence-electron chi connectivity index (χ1n) is 8.42. The molecular formula is C21H23NO4. The second kappa shape index (κ2) is 9.42. The molecule has 0 unspecified atom stereocenters. The van der Waals surface area contributed by atoms with E-state index in [2.05, 4.69) is 5.32 Å². The summed E-state index contributed by atoms with van der Waals surface area (Å²) in [6.07, 6.45) is 2.89. The first-order chi connectivity index (χ1) is 12.5. The van der Waals surface area contributed by atoms with Crippen molar-refractivity contribution in [2.45, 2.75) is 20.8 Å². The van der Waals surface area contributed by atoms with Gasteiger partial charge < -0.3 is 14.8 Å². The zero-order valence-corrected chi connectivity index (χ0v) is 15.2. The zero-order valence-electron chi connectivity index (χ0n) is 15.2. The summed E-state index contributed by atoms with van der Waals surface area (Å²) in [5.74, 6) is -0.287. The van der Waals surface area contributed by atoms with Gasteiger partial charge in [0, 0.05) is 17.3 Å². The van der Waals surface area contributed by atoms with Crippen LogP contribution in [-0.2, 0) is 14.3 Å². The summed E-state index contributed by atoms with van der Waals surface area (Å²) in [4.78, 5) is 23.7. The molecule has 0 spiro atoms. The number of amides is 1. The predicted molar refractivity (Wildman–Crippen MR) is 102 cm³/mol. The maximum Gasteiger partial charge on any atom is 0.331 e. The molecule has 0 radical (unpaired) electrons. The minimum Gasteiger partial charge on any atom is -0.493 e. The average Bonchev–Trinajstić information content (AvgIpc) is 2.58. The Morgan fingerprint density at radius 3 is 2.46 bits per heavy atom. The SMILES string of the molecule is CCOc1ccccc1/C=C/C(=O)OCC(=O)Nc1cc(C)cc(C)c1. The van der Waals surface area contributed by atoms with Crippen LogP contribution in [0.5, 0.6) is 5.75 Å². The van der Waals surface area contributed by atoms with Gasteiger partial charge in [0.25, 0.3) is 5.91 Å². The van der Waals surface area contributed by atoms with Gasteiger partial charge in [-0.15, -0.1) is 0 Å². The number of carbonyl (C=O) groups is 2. The summed E-state index contributed by atoms with van der Waals surface area (Å²) in [6, 6.07) is 13.1. The lowest BCUT2D eigenvalue weighted by atomic mass is 10.1. The number of benzene rings is 2. The predicted octanol–water partition coefficient (Wildman–Crippen LogP) is 3.90. The highest BCUT2D eigenvalue weighted by Crippen LogP contribution is 2.19. The lowest BCUT2D eigenvalue weighted by Gasteiger charge is -2.08. The topological polar surface area (TPSA) is 64.6 Å². The Kier molecular flexibility index (Phi) is 6.97. The van der Waals surface area contributed by atoms with E-state index in [-0.39, 0.29) is 12.5 Å². The van der Waals surface area contributed by atoms with Gasteiger partial charge in [-0.2, -0.15) is 0 Å². The molecule has 2 rings (SSSR count).